The predicted molar refractivity (Wildman–Crippen MR) is 108 cm³/mol. The highest BCUT2D eigenvalue weighted by molar-refractivity contribution is 8.00. The molecule has 3 aromatic rings. The zero-order chi connectivity index (χ0) is 19.0. The normalized spacial score (nSPS) is 13.2. The summed E-state index contributed by atoms with van der Waals surface area (Å²) >= 11 is 3.05. The lowest BCUT2D eigenvalue weighted by Crippen LogP contribution is -2.30. The second-order valence-corrected chi connectivity index (χ2v) is 9.13. The Kier molecular flexibility index (Phi) is 4.69. The number of carbonyl (C=O) groups excluding carboxylic acids is 1. The molecule has 1 aliphatic heterocycles. The van der Waals surface area contributed by atoms with Crippen molar-refractivity contribution in [2.24, 2.45) is 0 Å². The first kappa shape index (κ1) is 18.1. The molecule has 0 saturated carbocycles. The minimum absolute atomic E-state index is 0.00339. The third-order valence-corrected chi connectivity index (χ3v) is 6.12. The number of thioether (sulfide) groups is 1. The number of anilines is 2. The molecule has 4 rings (SSSR count). The second kappa shape index (κ2) is 7.01. The van der Waals surface area contributed by atoms with Crippen molar-refractivity contribution < 1.29 is 4.79 Å². The van der Waals surface area contributed by atoms with E-state index in [1.165, 1.54) is 11.8 Å². The van der Waals surface area contributed by atoms with E-state index < -0.39 is 0 Å². The molecular formula is C19H19N5OS2. The minimum atomic E-state index is -0.240. The molecule has 0 aliphatic carbocycles. The Balaban J connectivity index is 1.62. The molecule has 1 aromatic heterocycles. The van der Waals surface area contributed by atoms with Crippen molar-refractivity contribution in [1.29, 1.82) is 0 Å². The van der Waals surface area contributed by atoms with E-state index in [1.807, 2.05) is 69.3 Å². The van der Waals surface area contributed by atoms with Gasteiger partial charge in [-0.1, -0.05) is 47.8 Å². The quantitative estimate of drug-likeness (QED) is 0.612. The average molecular weight is 398 g/mol. The highest BCUT2D eigenvalue weighted by Crippen LogP contribution is 2.48. The Morgan fingerprint density at radius 2 is 1.63 bits per heavy atom. The molecule has 0 saturated heterocycles. The van der Waals surface area contributed by atoms with Crippen molar-refractivity contribution in [3.8, 4) is 0 Å². The molecule has 0 unspecified atom stereocenters. The number of hydrogen-bond acceptors (Lipinski definition) is 6. The fourth-order valence-corrected chi connectivity index (χ4v) is 4.82. The molecule has 1 amide bonds. The standard InChI is InChI=1S/C19H19N5OS2/c1-19(2,3)24-18(20-21-22-24)26-12-17(25)23-13-8-4-6-10-15(13)27-16-11-7-5-9-14(16)23/h4-11H,12H2,1-3H3. The Labute approximate surface area is 166 Å². The Morgan fingerprint density at radius 1 is 1.04 bits per heavy atom. The van der Waals surface area contributed by atoms with Crippen LogP contribution in [0.2, 0.25) is 0 Å². The third kappa shape index (κ3) is 3.46. The van der Waals surface area contributed by atoms with E-state index in [4.69, 9.17) is 0 Å². The van der Waals surface area contributed by atoms with E-state index >= 15 is 0 Å². The smallest absolute Gasteiger partial charge is 0.242 e. The number of fused-ring (bicyclic) bond motifs is 2. The van der Waals surface area contributed by atoms with Gasteiger partial charge in [-0.2, -0.15) is 0 Å². The van der Waals surface area contributed by atoms with Crippen LogP contribution in [-0.4, -0.2) is 31.9 Å². The van der Waals surface area contributed by atoms with Crippen LogP contribution in [0.15, 0.2) is 63.5 Å². The molecule has 2 heterocycles. The van der Waals surface area contributed by atoms with Gasteiger partial charge in [-0.25, -0.2) is 4.68 Å². The van der Waals surface area contributed by atoms with Gasteiger partial charge in [-0.05, 0) is 55.5 Å². The highest BCUT2D eigenvalue weighted by atomic mass is 32.2. The summed E-state index contributed by atoms with van der Waals surface area (Å²) < 4.78 is 1.75. The van der Waals surface area contributed by atoms with E-state index in [2.05, 4.69) is 15.5 Å². The number of nitrogens with zero attached hydrogens (tertiary/aromatic N) is 5. The molecular weight excluding hydrogens is 378 g/mol. The van der Waals surface area contributed by atoms with Crippen molar-refractivity contribution in [1.82, 2.24) is 20.2 Å². The lowest BCUT2D eigenvalue weighted by molar-refractivity contribution is -0.115. The summed E-state index contributed by atoms with van der Waals surface area (Å²) in [5.74, 6) is 0.257. The Hall–Kier alpha value is -2.32. The van der Waals surface area contributed by atoms with Crippen LogP contribution in [0.3, 0.4) is 0 Å². The second-order valence-electron chi connectivity index (χ2n) is 7.10. The maximum Gasteiger partial charge on any atom is 0.242 e. The summed E-state index contributed by atoms with van der Waals surface area (Å²) in [6.45, 7) is 6.09. The first-order chi connectivity index (χ1) is 12.9. The SMILES string of the molecule is CC(C)(C)n1nnnc1SCC(=O)N1c2ccccc2Sc2ccccc21. The number of para-hydroxylation sites is 2. The highest BCUT2D eigenvalue weighted by Gasteiger charge is 2.28. The molecule has 27 heavy (non-hydrogen) atoms. The number of amides is 1. The van der Waals surface area contributed by atoms with Crippen LogP contribution in [0.25, 0.3) is 0 Å². The largest absolute Gasteiger partial charge is 0.278 e. The summed E-state index contributed by atoms with van der Waals surface area (Å²) in [7, 11) is 0. The number of hydrogen-bond donors (Lipinski definition) is 0. The van der Waals surface area contributed by atoms with Crippen LogP contribution in [0, 0.1) is 0 Å². The van der Waals surface area contributed by atoms with Gasteiger partial charge >= 0.3 is 0 Å². The topological polar surface area (TPSA) is 63.9 Å². The molecule has 0 N–H and O–H groups in total. The van der Waals surface area contributed by atoms with Crippen LogP contribution in [0.1, 0.15) is 20.8 Å². The van der Waals surface area contributed by atoms with Crippen LogP contribution < -0.4 is 4.90 Å². The number of aromatic nitrogens is 4. The van der Waals surface area contributed by atoms with Crippen molar-refractivity contribution in [2.75, 3.05) is 10.7 Å². The third-order valence-electron chi connectivity index (χ3n) is 4.08. The summed E-state index contributed by atoms with van der Waals surface area (Å²) in [5.41, 5.74) is 1.60. The van der Waals surface area contributed by atoms with E-state index in [0.29, 0.717) is 5.16 Å². The predicted octanol–water partition coefficient (Wildman–Crippen LogP) is 4.35. The van der Waals surface area contributed by atoms with Crippen LogP contribution in [0.4, 0.5) is 11.4 Å². The molecule has 138 valence electrons. The molecule has 2 aromatic carbocycles. The van der Waals surface area contributed by atoms with Gasteiger partial charge in [-0.15, -0.1) is 5.10 Å². The van der Waals surface area contributed by atoms with Crippen LogP contribution in [-0.2, 0) is 10.3 Å². The van der Waals surface area contributed by atoms with Crippen LogP contribution in [0.5, 0.6) is 0 Å². The Bertz CT molecular complexity index is 950. The summed E-state index contributed by atoms with van der Waals surface area (Å²) in [6, 6.07) is 16.0. The van der Waals surface area contributed by atoms with Gasteiger partial charge in [0.25, 0.3) is 0 Å². The minimum Gasteiger partial charge on any atom is -0.278 e. The van der Waals surface area contributed by atoms with Crippen molar-refractivity contribution in [3.05, 3.63) is 48.5 Å². The zero-order valence-electron chi connectivity index (χ0n) is 15.3. The summed E-state index contributed by atoms with van der Waals surface area (Å²) in [6.07, 6.45) is 0. The molecule has 0 spiro atoms. The van der Waals surface area contributed by atoms with Crippen LogP contribution >= 0.6 is 23.5 Å². The van der Waals surface area contributed by atoms with E-state index in [0.717, 1.165) is 21.2 Å². The fourth-order valence-electron chi connectivity index (χ4n) is 2.85. The van der Waals surface area contributed by atoms with Crippen molar-refractivity contribution >= 4 is 40.8 Å². The van der Waals surface area contributed by atoms with Gasteiger partial charge < -0.3 is 0 Å². The lowest BCUT2D eigenvalue weighted by atomic mass is 10.1. The molecule has 6 nitrogen and oxygen atoms in total. The Morgan fingerprint density at radius 3 is 2.22 bits per heavy atom. The zero-order valence-corrected chi connectivity index (χ0v) is 16.9. The fraction of sp³-hybridized carbons (Fsp3) is 0.263. The first-order valence-electron chi connectivity index (χ1n) is 8.56. The molecule has 0 atom stereocenters. The first-order valence-corrected chi connectivity index (χ1v) is 10.4. The van der Waals surface area contributed by atoms with E-state index in [1.54, 1.807) is 21.3 Å². The van der Waals surface area contributed by atoms with Gasteiger partial charge in [0.1, 0.15) is 0 Å². The van der Waals surface area contributed by atoms with E-state index in [-0.39, 0.29) is 17.2 Å². The van der Waals surface area contributed by atoms with Gasteiger partial charge in [-0.3, -0.25) is 9.69 Å². The monoisotopic (exact) mass is 397 g/mol. The van der Waals surface area contributed by atoms with Gasteiger partial charge in [0, 0.05) is 9.79 Å². The van der Waals surface area contributed by atoms with Gasteiger partial charge in [0.05, 0.1) is 22.7 Å². The van der Waals surface area contributed by atoms with Crippen molar-refractivity contribution in [2.45, 2.75) is 41.3 Å². The summed E-state index contributed by atoms with van der Waals surface area (Å²) in [4.78, 5) is 17.2. The molecule has 0 radical (unpaired) electrons. The maximum atomic E-state index is 13.2. The maximum absolute atomic E-state index is 13.2. The number of carbonyl (C=O) groups is 1. The van der Waals surface area contributed by atoms with Crippen molar-refractivity contribution in [3.63, 3.8) is 0 Å². The molecule has 1 aliphatic rings. The molecule has 0 fully saturated rings. The average Bonchev–Trinajstić information content (AvgIpc) is 3.13. The number of rotatable bonds is 3. The summed E-state index contributed by atoms with van der Waals surface area (Å²) in [5, 5.41) is 12.5. The number of benzene rings is 2. The van der Waals surface area contributed by atoms with E-state index in [9.17, 15) is 4.79 Å². The molecule has 8 heteroatoms. The lowest BCUT2D eigenvalue weighted by Gasteiger charge is -2.31. The van der Waals surface area contributed by atoms with Gasteiger partial charge in [0.15, 0.2) is 0 Å². The molecule has 0 bridgehead atoms. The number of tetrazole rings is 1. The van der Waals surface area contributed by atoms with Gasteiger partial charge in [0.2, 0.25) is 11.1 Å².